The van der Waals surface area contributed by atoms with E-state index in [4.69, 9.17) is 9.52 Å². The number of hydrogen-bond donors (Lipinski definition) is 2. The summed E-state index contributed by atoms with van der Waals surface area (Å²) in [6, 6.07) is 11.1. The third-order valence-corrected chi connectivity index (χ3v) is 8.00. The fourth-order valence-corrected chi connectivity index (χ4v) is 5.05. The maximum absolute atomic E-state index is 14.6. The standard InChI is InChI=1S/C25H26FN5O4S/c1-15(10-11-32)36(33,34)19-7-5-18(6-8-19)22-14-28-16(2)23(29-22)25-31-30-24(35-25)20-9-4-17(13-27-3)12-21(20)26/h4-9,12,14-15,27,32H,10-11,13H2,1-3H3. The molecule has 0 spiro atoms. The molecule has 4 aromatic rings. The van der Waals surface area contributed by atoms with Gasteiger partial charge in [0.2, 0.25) is 0 Å². The Morgan fingerprint density at radius 1 is 1.11 bits per heavy atom. The van der Waals surface area contributed by atoms with Crippen molar-refractivity contribution in [2.24, 2.45) is 0 Å². The van der Waals surface area contributed by atoms with Crippen LogP contribution in [-0.4, -0.2) is 52.6 Å². The second kappa shape index (κ2) is 10.6. The SMILES string of the molecule is CNCc1ccc(-c2nnc(-c3nc(-c4ccc(S(=O)(=O)C(C)CCO)cc4)cnc3C)o2)c(F)c1. The van der Waals surface area contributed by atoms with Gasteiger partial charge in [0.1, 0.15) is 11.5 Å². The van der Waals surface area contributed by atoms with Gasteiger partial charge in [-0.25, -0.2) is 17.8 Å². The van der Waals surface area contributed by atoms with Gasteiger partial charge in [0.25, 0.3) is 11.8 Å². The number of nitrogens with zero attached hydrogens (tertiary/aromatic N) is 4. The lowest BCUT2D eigenvalue weighted by molar-refractivity contribution is 0.287. The van der Waals surface area contributed by atoms with E-state index in [-0.39, 0.29) is 35.3 Å². The van der Waals surface area contributed by atoms with Crippen molar-refractivity contribution in [1.29, 1.82) is 0 Å². The number of hydrogen-bond acceptors (Lipinski definition) is 9. The minimum absolute atomic E-state index is 0.0247. The van der Waals surface area contributed by atoms with E-state index in [0.717, 1.165) is 5.56 Å². The van der Waals surface area contributed by atoms with Crippen LogP contribution in [0.5, 0.6) is 0 Å². The van der Waals surface area contributed by atoms with Gasteiger partial charge in [0.05, 0.1) is 33.3 Å². The molecule has 4 rings (SSSR count). The van der Waals surface area contributed by atoms with Gasteiger partial charge in [0, 0.05) is 18.7 Å². The maximum atomic E-state index is 14.6. The Morgan fingerprint density at radius 3 is 2.50 bits per heavy atom. The zero-order chi connectivity index (χ0) is 25.9. The number of aromatic nitrogens is 4. The summed E-state index contributed by atoms with van der Waals surface area (Å²) in [6.45, 7) is 3.63. The van der Waals surface area contributed by atoms with Crippen LogP contribution in [-0.2, 0) is 16.4 Å². The monoisotopic (exact) mass is 511 g/mol. The summed E-state index contributed by atoms with van der Waals surface area (Å²) in [5.74, 6) is -0.359. The Hall–Kier alpha value is -3.54. The third kappa shape index (κ3) is 5.18. The molecule has 0 aliphatic heterocycles. The summed E-state index contributed by atoms with van der Waals surface area (Å²) in [6.07, 6.45) is 1.72. The number of rotatable bonds is 9. The van der Waals surface area contributed by atoms with Crippen molar-refractivity contribution in [2.75, 3.05) is 13.7 Å². The van der Waals surface area contributed by atoms with Crippen LogP contribution < -0.4 is 5.32 Å². The zero-order valence-electron chi connectivity index (χ0n) is 20.1. The van der Waals surface area contributed by atoms with Gasteiger partial charge in [0.15, 0.2) is 9.84 Å². The highest BCUT2D eigenvalue weighted by Gasteiger charge is 2.23. The molecule has 188 valence electrons. The highest BCUT2D eigenvalue weighted by atomic mass is 32.2. The normalized spacial score (nSPS) is 12.6. The quantitative estimate of drug-likeness (QED) is 0.346. The first kappa shape index (κ1) is 25.5. The molecular weight excluding hydrogens is 485 g/mol. The molecular formula is C25H26FN5O4S. The van der Waals surface area contributed by atoms with Crippen molar-refractivity contribution in [2.45, 2.75) is 37.0 Å². The zero-order valence-corrected chi connectivity index (χ0v) is 20.9. The van der Waals surface area contributed by atoms with E-state index in [2.05, 4.69) is 25.5 Å². The summed E-state index contributed by atoms with van der Waals surface area (Å²) >= 11 is 0. The molecule has 0 saturated carbocycles. The molecule has 0 amide bonds. The summed E-state index contributed by atoms with van der Waals surface area (Å²) in [5, 5.41) is 19.4. The van der Waals surface area contributed by atoms with Crippen molar-refractivity contribution in [3.8, 4) is 34.3 Å². The lowest BCUT2D eigenvalue weighted by Crippen LogP contribution is -2.19. The van der Waals surface area contributed by atoms with Crippen molar-refractivity contribution in [3.63, 3.8) is 0 Å². The third-order valence-electron chi connectivity index (χ3n) is 5.77. The first-order valence-corrected chi connectivity index (χ1v) is 12.8. The topological polar surface area (TPSA) is 131 Å². The highest BCUT2D eigenvalue weighted by molar-refractivity contribution is 7.92. The van der Waals surface area contributed by atoms with E-state index < -0.39 is 20.9 Å². The average molecular weight is 512 g/mol. The van der Waals surface area contributed by atoms with Gasteiger partial charge >= 0.3 is 0 Å². The van der Waals surface area contributed by atoms with Gasteiger partial charge in [-0.2, -0.15) is 0 Å². The lowest BCUT2D eigenvalue weighted by atomic mass is 10.1. The first-order valence-electron chi connectivity index (χ1n) is 11.3. The van der Waals surface area contributed by atoms with E-state index in [9.17, 15) is 12.8 Å². The Labute approximate surface area is 208 Å². The van der Waals surface area contributed by atoms with Crippen LogP contribution in [0, 0.1) is 12.7 Å². The van der Waals surface area contributed by atoms with Crippen LogP contribution in [0.4, 0.5) is 4.39 Å². The molecule has 0 radical (unpaired) electrons. The Morgan fingerprint density at radius 2 is 1.83 bits per heavy atom. The molecule has 0 saturated heterocycles. The Balaban J connectivity index is 1.63. The molecule has 2 aromatic carbocycles. The van der Waals surface area contributed by atoms with Crippen molar-refractivity contribution < 1.29 is 22.3 Å². The summed E-state index contributed by atoms with van der Waals surface area (Å²) in [5.41, 5.74) is 2.97. The van der Waals surface area contributed by atoms with E-state index in [1.165, 1.54) is 18.2 Å². The molecule has 0 aliphatic rings. The van der Waals surface area contributed by atoms with Gasteiger partial charge in [-0.15, -0.1) is 10.2 Å². The lowest BCUT2D eigenvalue weighted by Gasteiger charge is -2.12. The predicted molar refractivity (Wildman–Crippen MR) is 132 cm³/mol. The molecule has 36 heavy (non-hydrogen) atoms. The van der Waals surface area contributed by atoms with Crippen LogP contribution in [0.15, 0.2) is 58.0 Å². The van der Waals surface area contributed by atoms with Gasteiger partial charge < -0.3 is 14.8 Å². The van der Waals surface area contributed by atoms with Crippen LogP contribution in [0.25, 0.3) is 34.3 Å². The number of aliphatic hydroxyl groups excluding tert-OH is 1. The summed E-state index contributed by atoms with van der Waals surface area (Å²) in [4.78, 5) is 9.13. The van der Waals surface area contributed by atoms with Gasteiger partial charge in [-0.3, -0.25) is 4.98 Å². The van der Waals surface area contributed by atoms with E-state index >= 15 is 0 Å². The molecule has 1 unspecified atom stereocenters. The molecule has 9 nitrogen and oxygen atoms in total. The van der Waals surface area contributed by atoms with Crippen molar-refractivity contribution in [1.82, 2.24) is 25.5 Å². The summed E-state index contributed by atoms with van der Waals surface area (Å²) in [7, 11) is -1.77. The van der Waals surface area contributed by atoms with Crippen LogP contribution in [0.1, 0.15) is 24.6 Å². The number of aliphatic hydroxyl groups is 1. The predicted octanol–water partition coefficient (Wildman–Crippen LogP) is 3.57. The Bertz CT molecular complexity index is 1470. The minimum Gasteiger partial charge on any atom is -0.414 e. The average Bonchev–Trinajstić information content (AvgIpc) is 3.34. The fraction of sp³-hybridized carbons (Fsp3) is 0.280. The fourth-order valence-electron chi connectivity index (χ4n) is 3.65. The van der Waals surface area contributed by atoms with E-state index in [1.54, 1.807) is 51.4 Å². The molecule has 2 heterocycles. The van der Waals surface area contributed by atoms with Crippen LogP contribution in [0.2, 0.25) is 0 Å². The van der Waals surface area contributed by atoms with Crippen LogP contribution >= 0.6 is 0 Å². The largest absolute Gasteiger partial charge is 0.414 e. The number of halogens is 1. The molecule has 11 heteroatoms. The Kier molecular flexibility index (Phi) is 7.53. The first-order chi connectivity index (χ1) is 17.2. The number of aryl methyl sites for hydroxylation is 1. The molecule has 0 bridgehead atoms. The van der Waals surface area contributed by atoms with Crippen molar-refractivity contribution >= 4 is 9.84 Å². The second-order valence-corrected chi connectivity index (χ2v) is 10.7. The van der Waals surface area contributed by atoms with Crippen molar-refractivity contribution in [3.05, 3.63) is 65.7 Å². The summed E-state index contributed by atoms with van der Waals surface area (Å²) < 4.78 is 45.7. The molecule has 1 atom stereocenters. The molecule has 0 aliphatic carbocycles. The highest BCUT2D eigenvalue weighted by Crippen LogP contribution is 2.29. The maximum Gasteiger partial charge on any atom is 0.268 e. The second-order valence-electron chi connectivity index (χ2n) is 8.34. The smallest absolute Gasteiger partial charge is 0.268 e. The number of sulfone groups is 1. The number of benzene rings is 2. The van der Waals surface area contributed by atoms with Gasteiger partial charge in [-0.05, 0) is 57.1 Å². The molecule has 2 aromatic heterocycles. The number of nitrogens with one attached hydrogen (secondary N) is 1. The van der Waals surface area contributed by atoms with Gasteiger partial charge in [-0.1, -0.05) is 18.2 Å². The van der Waals surface area contributed by atoms with Crippen LogP contribution in [0.3, 0.4) is 0 Å². The van der Waals surface area contributed by atoms with E-state index in [0.29, 0.717) is 29.2 Å². The molecule has 2 N–H and O–H groups in total. The minimum atomic E-state index is -3.55. The van der Waals surface area contributed by atoms with E-state index in [1.807, 2.05) is 0 Å². The molecule has 0 fully saturated rings.